The van der Waals surface area contributed by atoms with E-state index < -0.39 is 0 Å². The van der Waals surface area contributed by atoms with Crippen LogP contribution in [0.15, 0.2) is 24.4 Å². The lowest BCUT2D eigenvalue weighted by Gasteiger charge is -2.36. The molecule has 0 saturated heterocycles. The van der Waals surface area contributed by atoms with Gasteiger partial charge < -0.3 is 4.74 Å². The van der Waals surface area contributed by atoms with E-state index in [4.69, 9.17) is 4.74 Å². The molecule has 2 rings (SSSR count). The maximum atomic E-state index is 6.29. The van der Waals surface area contributed by atoms with Crippen LogP contribution >= 0.6 is 0 Å². The molecule has 2 heteroatoms. The minimum Gasteiger partial charge on any atom is -0.441 e. The van der Waals surface area contributed by atoms with Crippen molar-refractivity contribution in [2.75, 3.05) is 0 Å². The van der Waals surface area contributed by atoms with Crippen LogP contribution in [0.3, 0.4) is 0 Å². The maximum Gasteiger partial charge on any atom is 0.367 e. The van der Waals surface area contributed by atoms with E-state index in [1.807, 2.05) is 25.4 Å². The third kappa shape index (κ3) is 3.04. The number of hydrogen-bond acceptors (Lipinski definition) is 1. The first-order chi connectivity index (χ1) is 8.58. The molecule has 1 aromatic rings. The minimum absolute atomic E-state index is 0.377. The highest BCUT2D eigenvalue weighted by Crippen LogP contribution is 2.35. The summed E-state index contributed by atoms with van der Waals surface area (Å²) in [5.41, 5.74) is 0. The fraction of sp³-hybridized carbons (Fsp3) is 0.688. The molecule has 18 heavy (non-hydrogen) atoms. The van der Waals surface area contributed by atoms with Crippen LogP contribution in [0.25, 0.3) is 0 Å². The van der Waals surface area contributed by atoms with Crippen LogP contribution in [0.1, 0.15) is 40.0 Å². The molecule has 0 N–H and O–H groups in total. The lowest BCUT2D eigenvalue weighted by atomic mass is 9.75. The van der Waals surface area contributed by atoms with Crippen molar-refractivity contribution in [3.05, 3.63) is 24.4 Å². The van der Waals surface area contributed by atoms with Crippen molar-refractivity contribution in [2.45, 2.75) is 46.1 Å². The average molecular weight is 248 g/mol. The van der Waals surface area contributed by atoms with Crippen LogP contribution in [0.4, 0.5) is 0 Å². The van der Waals surface area contributed by atoms with Gasteiger partial charge in [-0.1, -0.05) is 27.2 Å². The summed E-state index contributed by atoms with van der Waals surface area (Å²) in [7, 11) is 2.05. The second kappa shape index (κ2) is 5.73. The van der Waals surface area contributed by atoms with E-state index in [9.17, 15) is 0 Å². The molecule has 1 saturated carbocycles. The fourth-order valence-corrected chi connectivity index (χ4v) is 3.04. The zero-order chi connectivity index (χ0) is 13.1. The van der Waals surface area contributed by atoms with Gasteiger partial charge in [0.2, 0.25) is 0 Å². The van der Waals surface area contributed by atoms with Gasteiger partial charge in [0.05, 0.1) is 6.07 Å². The molecular weight excluding hydrogens is 222 g/mol. The van der Waals surface area contributed by atoms with Gasteiger partial charge in [-0.05, 0) is 36.7 Å². The second-order valence-electron chi connectivity index (χ2n) is 6.13. The van der Waals surface area contributed by atoms with Gasteiger partial charge in [0.15, 0.2) is 6.20 Å². The summed E-state index contributed by atoms with van der Waals surface area (Å²) < 4.78 is 8.36. The average Bonchev–Trinajstić information content (AvgIpc) is 2.32. The van der Waals surface area contributed by atoms with Crippen molar-refractivity contribution in [1.29, 1.82) is 0 Å². The van der Waals surface area contributed by atoms with Crippen molar-refractivity contribution in [3.8, 4) is 5.88 Å². The Labute approximate surface area is 111 Å². The molecule has 0 aliphatic heterocycles. The van der Waals surface area contributed by atoms with Crippen LogP contribution in [-0.2, 0) is 7.05 Å². The normalized spacial score (nSPS) is 28.4. The van der Waals surface area contributed by atoms with Gasteiger partial charge in [0.1, 0.15) is 13.2 Å². The molecule has 1 aliphatic rings. The Hall–Kier alpha value is -1.05. The molecule has 0 unspecified atom stereocenters. The molecule has 1 heterocycles. The molecule has 2 nitrogen and oxygen atoms in total. The molecule has 0 spiro atoms. The topological polar surface area (TPSA) is 13.1 Å². The summed E-state index contributed by atoms with van der Waals surface area (Å²) in [6, 6.07) is 6.15. The molecule has 0 bridgehead atoms. The fourth-order valence-electron chi connectivity index (χ4n) is 3.04. The van der Waals surface area contributed by atoms with Crippen molar-refractivity contribution < 1.29 is 9.30 Å². The Morgan fingerprint density at radius 3 is 2.72 bits per heavy atom. The summed E-state index contributed by atoms with van der Waals surface area (Å²) >= 11 is 0. The molecule has 0 aromatic carbocycles. The summed E-state index contributed by atoms with van der Waals surface area (Å²) in [5, 5.41) is 0. The molecule has 1 aromatic heterocycles. The number of nitrogens with zero attached hydrogens (tertiary/aromatic N) is 1. The number of aryl methyl sites for hydroxylation is 1. The lowest BCUT2D eigenvalue weighted by Crippen LogP contribution is -2.40. The second-order valence-corrected chi connectivity index (χ2v) is 6.13. The number of pyridine rings is 1. The molecular formula is C16H26NO+. The van der Waals surface area contributed by atoms with E-state index in [0.29, 0.717) is 17.9 Å². The van der Waals surface area contributed by atoms with E-state index >= 15 is 0 Å². The Morgan fingerprint density at radius 1 is 1.28 bits per heavy atom. The zero-order valence-corrected chi connectivity index (χ0v) is 12.1. The van der Waals surface area contributed by atoms with Crippen LogP contribution in [0, 0.1) is 17.8 Å². The van der Waals surface area contributed by atoms with E-state index in [-0.39, 0.29) is 0 Å². The Bertz CT molecular complexity index is 388. The van der Waals surface area contributed by atoms with E-state index in [1.54, 1.807) is 0 Å². The van der Waals surface area contributed by atoms with Gasteiger partial charge in [-0.25, -0.2) is 0 Å². The van der Waals surface area contributed by atoms with E-state index in [2.05, 4.69) is 31.4 Å². The van der Waals surface area contributed by atoms with Crippen LogP contribution in [-0.4, -0.2) is 6.10 Å². The predicted molar refractivity (Wildman–Crippen MR) is 73.4 cm³/mol. The number of rotatable bonds is 3. The SMILES string of the molecule is CC(C)[C@H]1CC[C@@H](C)C[C@H]1Oc1cccc[n+]1C. The Balaban J connectivity index is 2.11. The highest BCUT2D eigenvalue weighted by molar-refractivity contribution is 5.03. The summed E-state index contributed by atoms with van der Waals surface area (Å²) in [5.74, 6) is 3.18. The summed E-state index contributed by atoms with van der Waals surface area (Å²) in [6.07, 6.45) is 6.27. The molecule has 0 amide bonds. The zero-order valence-electron chi connectivity index (χ0n) is 12.1. The lowest BCUT2D eigenvalue weighted by molar-refractivity contribution is -0.678. The Kier molecular flexibility index (Phi) is 4.26. The number of ether oxygens (including phenoxy) is 1. The first-order valence-corrected chi connectivity index (χ1v) is 7.19. The molecule has 100 valence electrons. The van der Waals surface area contributed by atoms with E-state index in [1.165, 1.54) is 19.3 Å². The minimum atomic E-state index is 0.377. The monoisotopic (exact) mass is 248 g/mol. The molecule has 1 fully saturated rings. The van der Waals surface area contributed by atoms with Gasteiger partial charge in [0, 0.05) is 6.07 Å². The highest BCUT2D eigenvalue weighted by atomic mass is 16.5. The first kappa shape index (κ1) is 13.4. The quantitative estimate of drug-likeness (QED) is 0.748. The van der Waals surface area contributed by atoms with Crippen molar-refractivity contribution in [3.63, 3.8) is 0 Å². The third-order valence-electron chi connectivity index (χ3n) is 4.24. The predicted octanol–water partition coefficient (Wildman–Crippen LogP) is 3.35. The van der Waals surface area contributed by atoms with Crippen molar-refractivity contribution in [1.82, 2.24) is 0 Å². The van der Waals surface area contributed by atoms with Gasteiger partial charge in [-0.15, -0.1) is 0 Å². The van der Waals surface area contributed by atoms with Crippen molar-refractivity contribution in [2.24, 2.45) is 24.8 Å². The van der Waals surface area contributed by atoms with Gasteiger partial charge in [0.25, 0.3) is 0 Å². The molecule has 3 atom stereocenters. The molecule has 1 aliphatic carbocycles. The van der Waals surface area contributed by atoms with Crippen LogP contribution < -0.4 is 9.30 Å². The first-order valence-electron chi connectivity index (χ1n) is 7.19. The highest BCUT2D eigenvalue weighted by Gasteiger charge is 2.33. The van der Waals surface area contributed by atoms with E-state index in [0.717, 1.165) is 11.8 Å². The largest absolute Gasteiger partial charge is 0.441 e. The number of aromatic nitrogens is 1. The standard InChI is InChI=1S/C16H26NO/c1-12(2)14-9-8-13(3)11-15(14)18-16-7-5-6-10-17(16)4/h5-7,10,12-15H,8-9,11H2,1-4H3/q+1/t13-,14-,15-/m1/s1. The van der Waals surface area contributed by atoms with Gasteiger partial charge in [-0.3, -0.25) is 0 Å². The van der Waals surface area contributed by atoms with Crippen LogP contribution in [0.2, 0.25) is 0 Å². The Morgan fingerprint density at radius 2 is 2.06 bits per heavy atom. The van der Waals surface area contributed by atoms with Crippen LogP contribution in [0.5, 0.6) is 5.88 Å². The number of hydrogen-bond donors (Lipinski definition) is 0. The molecule has 0 radical (unpaired) electrons. The summed E-state index contributed by atoms with van der Waals surface area (Å²) in [4.78, 5) is 0. The maximum absolute atomic E-state index is 6.29. The smallest absolute Gasteiger partial charge is 0.367 e. The third-order valence-corrected chi connectivity index (χ3v) is 4.24. The van der Waals surface area contributed by atoms with Gasteiger partial charge in [-0.2, -0.15) is 4.57 Å². The van der Waals surface area contributed by atoms with Gasteiger partial charge >= 0.3 is 5.88 Å². The summed E-state index contributed by atoms with van der Waals surface area (Å²) in [6.45, 7) is 6.99. The van der Waals surface area contributed by atoms with Crippen molar-refractivity contribution >= 4 is 0 Å².